The molecule has 1 aliphatic rings. The number of halogens is 3. The second-order valence-electron chi connectivity index (χ2n) is 8.86. The molecule has 0 spiro atoms. The van der Waals surface area contributed by atoms with Crippen molar-refractivity contribution in [3.8, 4) is 0 Å². The number of aromatic nitrogens is 2. The van der Waals surface area contributed by atoms with E-state index in [9.17, 15) is 18.0 Å². The van der Waals surface area contributed by atoms with Crippen LogP contribution in [-0.4, -0.2) is 15.8 Å². The van der Waals surface area contributed by atoms with E-state index in [1.54, 1.807) is 0 Å². The summed E-state index contributed by atoms with van der Waals surface area (Å²) in [6.07, 6.45) is -3.54. The molecule has 0 amide bonds. The Morgan fingerprint density at radius 1 is 0.938 bits per heavy atom. The number of anilines is 4. The number of hydrogen-bond donors (Lipinski definition) is 2. The molecule has 0 aliphatic heterocycles. The minimum atomic E-state index is -4.46. The number of rotatable bonds is 4. The smallest absolute Gasteiger partial charge is 0.339 e. The highest BCUT2D eigenvalue weighted by Gasteiger charge is 2.35. The number of carbonyl (C=O) groups excluding carboxylic acids is 1. The van der Waals surface area contributed by atoms with Gasteiger partial charge in [-0.05, 0) is 54.7 Å². The van der Waals surface area contributed by atoms with Gasteiger partial charge in [-0.15, -0.1) is 0 Å². The largest absolute Gasteiger partial charge is 0.416 e. The molecular formula is C24H23F3N4O. The minimum absolute atomic E-state index is 0.0583. The Hall–Kier alpha value is -3.42. The molecule has 1 aliphatic carbocycles. The average Bonchev–Trinajstić information content (AvgIpc) is 2.66. The van der Waals surface area contributed by atoms with Gasteiger partial charge in [0.2, 0.25) is 5.95 Å². The molecule has 4 rings (SSSR count). The van der Waals surface area contributed by atoms with Gasteiger partial charge in [-0.1, -0.05) is 32.0 Å². The van der Waals surface area contributed by atoms with E-state index in [1.165, 1.54) is 12.1 Å². The Morgan fingerprint density at radius 3 is 2.31 bits per heavy atom. The SMILES string of the molecule is Cc1cccc(Nc2nc(Nc3cccc(C(F)(F)F)c3)nc3c2C(=O)CC(C)(C)C3)c1. The van der Waals surface area contributed by atoms with Gasteiger partial charge in [0, 0.05) is 17.8 Å². The first-order chi connectivity index (χ1) is 15.0. The molecule has 0 bridgehead atoms. The maximum absolute atomic E-state index is 13.1. The van der Waals surface area contributed by atoms with Crippen LogP contribution in [0.1, 0.15) is 47.4 Å². The topological polar surface area (TPSA) is 66.9 Å². The van der Waals surface area contributed by atoms with Crippen LogP contribution in [0.25, 0.3) is 0 Å². The Morgan fingerprint density at radius 2 is 1.62 bits per heavy atom. The van der Waals surface area contributed by atoms with E-state index >= 15 is 0 Å². The number of nitrogens with one attached hydrogen (secondary N) is 2. The third-order valence-corrected chi connectivity index (χ3v) is 5.27. The molecule has 0 unspecified atom stereocenters. The monoisotopic (exact) mass is 440 g/mol. The summed E-state index contributed by atoms with van der Waals surface area (Å²) >= 11 is 0. The summed E-state index contributed by atoms with van der Waals surface area (Å²) in [5.41, 5.74) is 1.97. The zero-order valence-electron chi connectivity index (χ0n) is 18.0. The summed E-state index contributed by atoms with van der Waals surface area (Å²) in [5, 5.41) is 6.07. The van der Waals surface area contributed by atoms with Gasteiger partial charge in [-0.3, -0.25) is 4.79 Å². The van der Waals surface area contributed by atoms with Crippen LogP contribution < -0.4 is 10.6 Å². The first kappa shape index (κ1) is 21.8. The number of alkyl halides is 3. The van der Waals surface area contributed by atoms with Crippen LogP contribution in [0, 0.1) is 12.3 Å². The van der Waals surface area contributed by atoms with Gasteiger partial charge < -0.3 is 10.6 Å². The molecule has 0 radical (unpaired) electrons. The fourth-order valence-corrected chi connectivity index (χ4v) is 3.88. The summed E-state index contributed by atoms with van der Waals surface area (Å²) in [7, 11) is 0. The van der Waals surface area contributed by atoms with E-state index in [2.05, 4.69) is 20.6 Å². The number of Topliss-reactive ketones (excluding diaryl/α,β-unsaturated/α-hetero) is 1. The van der Waals surface area contributed by atoms with Crippen molar-refractivity contribution in [2.45, 2.75) is 39.8 Å². The number of fused-ring (bicyclic) bond motifs is 1. The predicted molar refractivity (Wildman–Crippen MR) is 118 cm³/mol. The van der Waals surface area contributed by atoms with Crippen LogP contribution in [-0.2, 0) is 12.6 Å². The van der Waals surface area contributed by atoms with Crippen LogP contribution in [0.3, 0.4) is 0 Å². The molecular weight excluding hydrogens is 417 g/mol. The molecule has 8 heteroatoms. The van der Waals surface area contributed by atoms with E-state index in [4.69, 9.17) is 0 Å². The zero-order valence-corrected chi connectivity index (χ0v) is 18.0. The first-order valence-corrected chi connectivity index (χ1v) is 10.2. The van der Waals surface area contributed by atoms with Crippen LogP contribution >= 0.6 is 0 Å². The maximum Gasteiger partial charge on any atom is 0.416 e. The molecule has 2 aromatic carbocycles. The van der Waals surface area contributed by atoms with Gasteiger partial charge in [0.15, 0.2) is 5.78 Å². The van der Waals surface area contributed by atoms with Crippen molar-refractivity contribution < 1.29 is 18.0 Å². The van der Waals surface area contributed by atoms with Crippen molar-refractivity contribution in [1.82, 2.24) is 9.97 Å². The Balaban J connectivity index is 1.76. The number of nitrogens with zero attached hydrogens (tertiary/aromatic N) is 2. The Bertz CT molecular complexity index is 1190. The van der Waals surface area contributed by atoms with E-state index in [-0.39, 0.29) is 22.8 Å². The molecule has 2 N–H and O–H groups in total. The zero-order chi connectivity index (χ0) is 23.1. The van der Waals surface area contributed by atoms with E-state index in [0.29, 0.717) is 29.9 Å². The quantitative estimate of drug-likeness (QED) is 0.488. The summed E-state index contributed by atoms with van der Waals surface area (Å²) < 4.78 is 39.3. The Kier molecular flexibility index (Phi) is 5.40. The van der Waals surface area contributed by atoms with E-state index < -0.39 is 11.7 Å². The van der Waals surface area contributed by atoms with E-state index in [0.717, 1.165) is 23.4 Å². The maximum atomic E-state index is 13.1. The van der Waals surface area contributed by atoms with Crippen molar-refractivity contribution in [2.75, 3.05) is 10.6 Å². The molecule has 0 fully saturated rings. The van der Waals surface area contributed by atoms with Crippen molar-refractivity contribution in [1.29, 1.82) is 0 Å². The van der Waals surface area contributed by atoms with Gasteiger partial charge in [-0.2, -0.15) is 18.2 Å². The summed E-state index contributed by atoms with van der Waals surface area (Å²) in [4.78, 5) is 21.9. The fraction of sp³-hybridized carbons (Fsp3) is 0.292. The molecule has 0 atom stereocenters. The summed E-state index contributed by atoms with van der Waals surface area (Å²) in [5.74, 6) is 0.413. The number of hydrogen-bond acceptors (Lipinski definition) is 5. The molecule has 1 aromatic heterocycles. The molecule has 0 saturated carbocycles. The van der Waals surface area contributed by atoms with Gasteiger partial charge in [0.05, 0.1) is 16.8 Å². The highest BCUT2D eigenvalue weighted by molar-refractivity contribution is 6.03. The van der Waals surface area contributed by atoms with Gasteiger partial charge in [0.25, 0.3) is 0 Å². The lowest BCUT2D eigenvalue weighted by Crippen LogP contribution is -2.29. The minimum Gasteiger partial charge on any atom is -0.339 e. The van der Waals surface area contributed by atoms with Gasteiger partial charge in [-0.25, -0.2) is 4.98 Å². The number of carbonyl (C=O) groups is 1. The fourth-order valence-electron chi connectivity index (χ4n) is 3.88. The highest BCUT2D eigenvalue weighted by atomic mass is 19.4. The number of aryl methyl sites for hydroxylation is 1. The average molecular weight is 440 g/mol. The van der Waals surface area contributed by atoms with Crippen molar-refractivity contribution in [3.63, 3.8) is 0 Å². The molecule has 1 heterocycles. The lowest BCUT2D eigenvalue weighted by atomic mass is 9.75. The van der Waals surface area contributed by atoms with Gasteiger partial charge >= 0.3 is 6.18 Å². The van der Waals surface area contributed by atoms with Crippen molar-refractivity contribution >= 4 is 28.9 Å². The predicted octanol–water partition coefficient (Wildman–Crippen LogP) is 6.45. The molecule has 32 heavy (non-hydrogen) atoms. The molecule has 5 nitrogen and oxygen atoms in total. The molecule has 0 saturated heterocycles. The highest BCUT2D eigenvalue weighted by Crippen LogP contribution is 2.38. The summed E-state index contributed by atoms with van der Waals surface area (Å²) in [6.45, 7) is 5.93. The lowest BCUT2D eigenvalue weighted by Gasteiger charge is -2.30. The van der Waals surface area contributed by atoms with Crippen LogP contribution in [0.2, 0.25) is 0 Å². The first-order valence-electron chi connectivity index (χ1n) is 10.2. The normalized spacial score (nSPS) is 15.2. The Labute approximate surface area is 184 Å². The van der Waals surface area contributed by atoms with Gasteiger partial charge in [0.1, 0.15) is 5.82 Å². The molecule has 166 valence electrons. The second-order valence-corrected chi connectivity index (χ2v) is 8.86. The number of ketones is 1. The van der Waals surface area contributed by atoms with Crippen LogP contribution in [0.5, 0.6) is 0 Å². The van der Waals surface area contributed by atoms with Crippen molar-refractivity contribution in [2.24, 2.45) is 5.41 Å². The molecule has 3 aromatic rings. The van der Waals surface area contributed by atoms with Crippen LogP contribution in [0.15, 0.2) is 48.5 Å². The number of benzene rings is 2. The van der Waals surface area contributed by atoms with Crippen molar-refractivity contribution in [3.05, 3.63) is 70.9 Å². The standard InChI is InChI=1S/C24H23F3N4O/c1-14-6-4-8-16(10-14)28-21-20-18(12-23(2,3)13-19(20)32)30-22(31-21)29-17-9-5-7-15(11-17)24(25,26)27/h4-11H,12-13H2,1-3H3,(H2,28,29,30,31). The van der Waals surface area contributed by atoms with E-state index in [1.807, 2.05) is 45.0 Å². The van der Waals surface area contributed by atoms with Crippen LogP contribution in [0.4, 0.5) is 36.3 Å². The lowest BCUT2D eigenvalue weighted by molar-refractivity contribution is -0.137. The third-order valence-electron chi connectivity index (χ3n) is 5.27. The summed E-state index contributed by atoms with van der Waals surface area (Å²) in [6, 6.07) is 12.5. The third kappa shape index (κ3) is 4.74. The second kappa shape index (κ2) is 7.93.